The van der Waals surface area contributed by atoms with Gasteiger partial charge in [0.1, 0.15) is 5.82 Å². The van der Waals surface area contributed by atoms with Crippen LogP contribution in [0.4, 0.5) is 16.1 Å². The molecule has 8 nitrogen and oxygen atoms in total. The van der Waals surface area contributed by atoms with Crippen LogP contribution in [0.3, 0.4) is 0 Å². The SMILES string of the molecule is O=C1Cc2ccccc2C(c2ccccc2)=N[C@@H]1Nc1nnc(-c2ccc(N3CCOCC3)cc2F)o1. The van der Waals surface area contributed by atoms with Crippen molar-refractivity contribution in [2.45, 2.75) is 12.6 Å². The van der Waals surface area contributed by atoms with Crippen LogP contribution in [0.2, 0.25) is 0 Å². The molecular weight excluding hydrogens is 473 g/mol. The number of ketones is 1. The summed E-state index contributed by atoms with van der Waals surface area (Å²) in [6.07, 6.45) is -0.740. The summed E-state index contributed by atoms with van der Waals surface area (Å²) in [5.74, 6) is -0.589. The van der Waals surface area contributed by atoms with Crippen LogP contribution < -0.4 is 10.2 Å². The quantitative estimate of drug-likeness (QED) is 0.444. The van der Waals surface area contributed by atoms with Crippen molar-refractivity contribution in [1.29, 1.82) is 0 Å². The summed E-state index contributed by atoms with van der Waals surface area (Å²) in [5, 5.41) is 11.0. The van der Waals surface area contributed by atoms with Crippen molar-refractivity contribution in [3.63, 3.8) is 0 Å². The van der Waals surface area contributed by atoms with Crippen LogP contribution in [0.1, 0.15) is 16.7 Å². The fourth-order valence-electron chi connectivity index (χ4n) is 4.60. The third-order valence-electron chi connectivity index (χ3n) is 6.49. The van der Waals surface area contributed by atoms with Gasteiger partial charge in [-0.1, -0.05) is 59.7 Å². The maximum atomic E-state index is 15.0. The number of hydrogen-bond acceptors (Lipinski definition) is 8. The second-order valence-electron chi connectivity index (χ2n) is 8.87. The van der Waals surface area contributed by atoms with Crippen LogP contribution in [0.5, 0.6) is 0 Å². The van der Waals surface area contributed by atoms with E-state index < -0.39 is 12.0 Å². The molecule has 2 aliphatic heterocycles. The lowest BCUT2D eigenvalue weighted by molar-refractivity contribution is -0.119. The number of halogens is 1. The molecule has 0 spiro atoms. The van der Waals surface area contributed by atoms with Gasteiger partial charge in [0.25, 0.3) is 5.89 Å². The summed E-state index contributed by atoms with van der Waals surface area (Å²) in [5.41, 5.74) is 4.35. The molecule has 9 heteroatoms. The Bertz CT molecular complexity index is 1460. The Morgan fingerprint density at radius 3 is 2.51 bits per heavy atom. The van der Waals surface area contributed by atoms with E-state index in [1.807, 2.05) is 60.7 Å². The highest BCUT2D eigenvalue weighted by Crippen LogP contribution is 2.28. The van der Waals surface area contributed by atoms with Crippen molar-refractivity contribution in [2.75, 3.05) is 36.5 Å². The van der Waals surface area contributed by atoms with Gasteiger partial charge in [-0.2, -0.15) is 0 Å². The van der Waals surface area contributed by atoms with Gasteiger partial charge in [-0.15, -0.1) is 5.10 Å². The first-order chi connectivity index (χ1) is 18.2. The molecule has 0 bridgehead atoms. The monoisotopic (exact) mass is 497 g/mol. The first-order valence-corrected chi connectivity index (χ1v) is 12.1. The van der Waals surface area contributed by atoms with E-state index in [9.17, 15) is 9.18 Å². The predicted molar refractivity (Wildman–Crippen MR) is 137 cm³/mol. The van der Waals surface area contributed by atoms with E-state index in [0.717, 1.165) is 22.4 Å². The zero-order valence-electron chi connectivity index (χ0n) is 19.9. The number of anilines is 2. The van der Waals surface area contributed by atoms with Crippen molar-refractivity contribution >= 4 is 23.2 Å². The average Bonchev–Trinajstić information content (AvgIpc) is 3.35. The van der Waals surface area contributed by atoms with E-state index in [4.69, 9.17) is 14.1 Å². The number of Topliss-reactive ketones (excluding diaryl/α,β-unsaturated/α-hetero) is 1. The number of rotatable bonds is 5. The largest absolute Gasteiger partial charge is 0.403 e. The van der Waals surface area contributed by atoms with E-state index >= 15 is 0 Å². The van der Waals surface area contributed by atoms with Gasteiger partial charge in [0.2, 0.25) is 0 Å². The molecule has 2 aliphatic rings. The Morgan fingerprint density at radius 1 is 0.919 bits per heavy atom. The first-order valence-electron chi connectivity index (χ1n) is 12.1. The topological polar surface area (TPSA) is 92.9 Å². The lowest BCUT2D eigenvalue weighted by atomic mass is 9.96. The molecule has 1 atom stereocenters. The van der Waals surface area contributed by atoms with Gasteiger partial charge in [-0.05, 0) is 23.8 Å². The third kappa shape index (κ3) is 4.73. The second kappa shape index (κ2) is 9.94. The highest BCUT2D eigenvalue weighted by molar-refractivity contribution is 6.16. The highest BCUT2D eigenvalue weighted by Gasteiger charge is 2.27. The average molecular weight is 498 g/mol. The van der Waals surface area contributed by atoms with E-state index in [1.165, 1.54) is 6.07 Å². The van der Waals surface area contributed by atoms with Crippen molar-refractivity contribution in [2.24, 2.45) is 4.99 Å². The lowest BCUT2D eigenvalue weighted by Gasteiger charge is -2.28. The summed E-state index contributed by atoms with van der Waals surface area (Å²) in [4.78, 5) is 20.0. The summed E-state index contributed by atoms with van der Waals surface area (Å²) < 4.78 is 26.1. The molecule has 0 unspecified atom stereocenters. The molecule has 0 saturated carbocycles. The molecule has 0 amide bonds. The number of fused-ring (bicyclic) bond motifs is 1. The number of nitrogens with zero attached hydrogens (tertiary/aromatic N) is 4. The number of aromatic nitrogens is 2. The van der Waals surface area contributed by atoms with Crippen molar-refractivity contribution in [1.82, 2.24) is 10.2 Å². The molecule has 37 heavy (non-hydrogen) atoms. The molecule has 3 heterocycles. The molecule has 1 N–H and O–H groups in total. The molecule has 0 radical (unpaired) electrons. The maximum absolute atomic E-state index is 15.0. The van der Waals surface area contributed by atoms with Gasteiger partial charge in [0.05, 0.1) is 24.5 Å². The normalized spacial score (nSPS) is 17.6. The number of carbonyl (C=O) groups is 1. The summed E-state index contributed by atoms with van der Waals surface area (Å²) >= 11 is 0. The lowest BCUT2D eigenvalue weighted by Crippen LogP contribution is -2.36. The summed E-state index contributed by atoms with van der Waals surface area (Å²) in [6, 6.07) is 22.3. The number of nitrogens with one attached hydrogen (secondary N) is 1. The summed E-state index contributed by atoms with van der Waals surface area (Å²) in [7, 11) is 0. The zero-order valence-corrected chi connectivity index (χ0v) is 19.9. The molecule has 0 aliphatic carbocycles. The molecule has 1 saturated heterocycles. The molecule has 1 aromatic heterocycles. The van der Waals surface area contributed by atoms with Crippen LogP contribution in [-0.2, 0) is 16.0 Å². The zero-order chi connectivity index (χ0) is 25.2. The fraction of sp³-hybridized carbons (Fsp3) is 0.214. The standard InChI is InChI=1S/C28H24FN5O3/c29-23-17-20(34-12-14-36-15-13-34)10-11-22(23)27-32-33-28(37-27)31-26-24(35)16-19-8-4-5-9-21(19)25(30-26)18-6-2-1-3-7-18/h1-11,17,26H,12-16H2,(H,31,33)/t26-/m1/s1. The Balaban J connectivity index is 1.27. The smallest absolute Gasteiger partial charge is 0.317 e. The van der Waals surface area contributed by atoms with Crippen LogP contribution >= 0.6 is 0 Å². The van der Waals surface area contributed by atoms with Crippen molar-refractivity contribution in [3.05, 3.63) is 95.3 Å². The first kappa shape index (κ1) is 23.1. The summed E-state index contributed by atoms with van der Waals surface area (Å²) in [6.45, 7) is 2.64. The van der Waals surface area contributed by atoms with Gasteiger partial charge in [0.15, 0.2) is 11.9 Å². The Morgan fingerprint density at radius 2 is 1.70 bits per heavy atom. The van der Waals surface area contributed by atoms with Gasteiger partial charge in [-0.25, -0.2) is 4.39 Å². The number of morpholine rings is 1. The number of ether oxygens (including phenoxy) is 1. The second-order valence-corrected chi connectivity index (χ2v) is 8.87. The Hall–Kier alpha value is -4.37. The van der Waals surface area contributed by atoms with Crippen LogP contribution in [0, 0.1) is 5.82 Å². The van der Waals surface area contributed by atoms with Crippen molar-refractivity contribution in [3.8, 4) is 11.5 Å². The highest BCUT2D eigenvalue weighted by atomic mass is 19.1. The third-order valence-corrected chi connectivity index (χ3v) is 6.49. The minimum absolute atomic E-state index is 0.00729. The maximum Gasteiger partial charge on any atom is 0.317 e. The van der Waals surface area contributed by atoms with Gasteiger partial charge in [0, 0.05) is 36.3 Å². The molecule has 3 aromatic carbocycles. The van der Waals surface area contributed by atoms with E-state index in [1.54, 1.807) is 6.07 Å². The van der Waals surface area contributed by atoms with Crippen LogP contribution in [-0.4, -0.2) is 54.2 Å². The predicted octanol–water partition coefficient (Wildman–Crippen LogP) is 4.11. The minimum Gasteiger partial charge on any atom is -0.403 e. The number of benzene rings is 3. The van der Waals surface area contributed by atoms with E-state index in [2.05, 4.69) is 20.4 Å². The van der Waals surface area contributed by atoms with Crippen LogP contribution in [0.25, 0.3) is 11.5 Å². The van der Waals surface area contributed by atoms with Gasteiger partial charge in [-0.3, -0.25) is 9.79 Å². The van der Waals surface area contributed by atoms with E-state index in [0.29, 0.717) is 32.0 Å². The molecule has 1 fully saturated rings. The Labute approximate surface area is 212 Å². The fourth-order valence-corrected chi connectivity index (χ4v) is 4.60. The van der Waals surface area contributed by atoms with Crippen LogP contribution in [0.15, 0.2) is 82.2 Å². The molecule has 6 rings (SSSR count). The Kier molecular flexibility index (Phi) is 6.20. The van der Waals surface area contributed by atoms with E-state index in [-0.39, 0.29) is 29.7 Å². The minimum atomic E-state index is -0.940. The number of carbonyl (C=O) groups excluding carboxylic acids is 1. The molecule has 4 aromatic rings. The molecular formula is C28H24FN5O3. The number of hydrogen-bond donors (Lipinski definition) is 1. The number of aliphatic imine (C=N–C) groups is 1. The van der Waals surface area contributed by atoms with Gasteiger partial charge < -0.3 is 19.4 Å². The molecule has 186 valence electrons. The van der Waals surface area contributed by atoms with Gasteiger partial charge >= 0.3 is 6.01 Å². The van der Waals surface area contributed by atoms with Crippen molar-refractivity contribution < 1.29 is 18.3 Å².